The molecule has 0 aromatic heterocycles. The Balaban J connectivity index is 1.78. The van der Waals surface area contributed by atoms with Crippen LogP contribution in [0.1, 0.15) is 43.7 Å². The summed E-state index contributed by atoms with van der Waals surface area (Å²) >= 11 is 3.42. The maximum Gasteiger partial charge on any atom is 0.416 e. The number of unbranched alkanes of at least 4 members (excludes halogenated alkanes) is 1. The number of hydrogen-bond donors (Lipinski definition) is 2. The van der Waals surface area contributed by atoms with Gasteiger partial charge in [0.2, 0.25) is 11.8 Å². The summed E-state index contributed by atoms with van der Waals surface area (Å²) in [6.07, 6.45) is -1.44. The molecule has 0 saturated carbocycles. The number of alkyl halides is 3. The number of halogens is 4. The summed E-state index contributed by atoms with van der Waals surface area (Å²) in [6.45, 7) is 2.70. The number of anilines is 1. The van der Waals surface area contributed by atoms with E-state index in [4.69, 9.17) is 4.74 Å². The van der Waals surface area contributed by atoms with Gasteiger partial charge in [-0.2, -0.15) is 18.3 Å². The standard InChI is InChI=1S/C22H23BrF3N3O3/c1-2-3-11-32-19-8-7-15(12-18(19)23)14-27-29-21(31)10-9-20(30)28-17-6-4-5-16(13-17)22(24,25)26/h4-8,12-14H,2-3,9-11H2,1H3,(H,28,30)(H,29,31). The van der Waals surface area contributed by atoms with E-state index in [9.17, 15) is 22.8 Å². The predicted octanol–water partition coefficient (Wildman–Crippen LogP) is 5.52. The fraction of sp³-hybridized carbons (Fsp3) is 0.318. The molecule has 0 fully saturated rings. The molecule has 0 aliphatic carbocycles. The van der Waals surface area contributed by atoms with Crippen molar-refractivity contribution < 1.29 is 27.5 Å². The molecule has 2 N–H and O–H groups in total. The van der Waals surface area contributed by atoms with Crippen LogP contribution in [0, 0.1) is 0 Å². The zero-order valence-corrected chi connectivity index (χ0v) is 18.9. The number of rotatable bonds is 10. The Morgan fingerprint density at radius 1 is 1.12 bits per heavy atom. The van der Waals surface area contributed by atoms with E-state index in [1.807, 2.05) is 0 Å². The van der Waals surface area contributed by atoms with Crippen molar-refractivity contribution in [3.63, 3.8) is 0 Å². The highest BCUT2D eigenvalue weighted by molar-refractivity contribution is 9.10. The number of amides is 2. The Hall–Kier alpha value is -2.88. The second-order valence-corrected chi connectivity index (χ2v) is 7.67. The molecule has 0 spiro atoms. The van der Waals surface area contributed by atoms with Crippen molar-refractivity contribution >= 4 is 39.6 Å². The number of nitrogens with zero attached hydrogens (tertiary/aromatic N) is 1. The van der Waals surface area contributed by atoms with Crippen LogP contribution in [-0.2, 0) is 15.8 Å². The topological polar surface area (TPSA) is 79.8 Å². The van der Waals surface area contributed by atoms with Gasteiger partial charge in [-0.3, -0.25) is 9.59 Å². The predicted molar refractivity (Wildman–Crippen MR) is 120 cm³/mol. The molecule has 2 amide bonds. The van der Waals surface area contributed by atoms with E-state index < -0.39 is 23.6 Å². The van der Waals surface area contributed by atoms with Crippen LogP contribution in [-0.4, -0.2) is 24.6 Å². The highest BCUT2D eigenvalue weighted by Crippen LogP contribution is 2.30. The quantitative estimate of drug-likeness (QED) is 0.249. The minimum atomic E-state index is -4.50. The average molecular weight is 514 g/mol. The van der Waals surface area contributed by atoms with E-state index in [2.05, 4.69) is 38.7 Å². The van der Waals surface area contributed by atoms with Gasteiger partial charge in [-0.25, -0.2) is 5.43 Å². The number of hydrogen-bond acceptors (Lipinski definition) is 4. The molecule has 2 aromatic carbocycles. The SMILES string of the molecule is CCCCOc1ccc(C=NNC(=O)CCC(=O)Nc2cccc(C(F)(F)F)c2)cc1Br. The molecule has 32 heavy (non-hydrogen) atoms. The molecule has 10 heteroatoms. The minimum absolute atomic E-state index is 0.0101. The molecular weight excluding hydrogens is 491 g/mol. The largest absolute Gasteiger partial charge is 0.492 e. The van der Waals surface area contributed by atoms with E-state index in [-0.39, 0.29) is 18.5 Å². The zero-order valence-electron chi connectivity index (χ0n) is 17.3. The van der Waals surface area contributed by atoms with E-state index in [1.165, 1.54) is 18.3 Å². The number of carbonyl (C=O) groups is 2. The zero-order chi connectivity index (χ0) is 23.6. The highest BCUT2D eigenvalue weighted by Gasteiger charge is 2.30. The Morgan fingerprint density at radius 3 is 2.56 bits per heavy atom. The molecule has 0 heterocycles. The first-order chi connectivity index (χ1) is 15.2. The summed E-state index contributed by atoms with van der Waals surface area (Å²) in [5, 5.41) is 6.19. The first-order valence-corrected chi connectivity index (χ1v) is 10.7. The van der Waals surface area contributed by atoms with Crippen LogP contribution in [0.3, 0.4) is 0 Å². The third-order valence-corrected chi connectivity index (χ3v) is 4.79. The maximum atomic E-state index is 12.7. The summed E-state index contributed by atoms with van der Waals surface area (Å²) in [5.41, 5.74) is 2.18. The summed E-state index contributed by atoms with van der Waals surface area (Å²) in [5.74, 6) is -0.364. The van der Waals surface area contributed by atoms with Crippen LogP contribution < -0.4 is 15.5 Å². The lowest BCUT2D eigenvalue weighted by molar-refractivity contribution is -0.137. The van der Waals surface area contributed by atoms with Crippen molar-refractivity contribution in [1.29, 1.82) is 0 Å². The second kappa shape index (κ2) is 12.2. The Labute approximate surface area is 192 Å². The van der Waals surface area contributed by atoms with Crippen LogP contribution in [0.15, 0.2) is 52.0 Å². The van der Waals surface area contributed by atoms with Crippen molar-refractivity contribution in [1.82, 2.24) is 5.43 Å². The smallest absolute Gasteiger partial charge is 0.416 e. The van der Waals surface area contributed by atoms with Crippen LogP contribution >= 0.6 is 15.9 Å². The Kier molecular flexibility index (Phi) is 9.70. The van der Waals surface area contributed by atoms with E-state index in [0.29, 0.717) is 12.4 Å². The fourth-order valence-corrected chi connectivity index (χ4v) is 3.01. The molecule has 6 nitrogen and oxygen atoms in total. The molecule has 0 unspecified atom stereocenters. The lowest BCUT2D eigenvalue weighted by Gasteiger charge is -2.09. The van der Waals surface area contributed by atoms with Gasteiger partial charge in [0.25, 0.3) is 0 Å². The number of nitrogens with one attached hydrogen (secondary N) is 2. The molecule has 0 bridgehead atoms. The Bertz CT molecular complexity index is 965. The van der Waals surface area contributed by atoms with Crippen LogP contribution in [0.2, 0.25) is 0 Å². The molecule has 2 rings (SSSR count). The number of ether oxygens (including phenoxy) is 1. The average Bonchev–Trinajstić information content (AvgIpc) is 2.73. The highest BCUT2D eigenvalue weighted by atomic mass is 79.9. The normalized spacial score (nSPS) is 11.4. The van der Waals surface area contributed by atoms with Gasteiger partial charge >= 0.3 is 6.18 Å². The van der Waals surface area contributed by atoms with Crippen LogP contribution in [0.5, 0.6) is 5.75 Å². The van der Waals surface area contributed by atoms with Gasteiger partial charge in [-0.1, -0.05) is 19.4 Å². The number of carbonyl (C=O) groups excluding carboxylic acids is 2. The van der Waals surface area contributed by atoms with Crippen LogP contribution in [0.25, 0.3) is 0 Å². The molecule has 0 atom stereocenters. The third kappa shape index (κ3) is 8.70. The van der Waals surface area contributed by atoms with Gasteiger partial charge in [0.05, 0.1) is 22.9 Å². The van der Waals surface area contributed by atoms with E-state index in [1.54, 1.807) is 18.2 Å². The second-order valence-electron chi connectivity index (χ2n) is 6.81. The van der Waals surface area contributed by atoms with Crippen molar-refractivity contribution in [2.24, 2.45) is 5.10 Å². The van der Waals surface area contributed by atoms with Gasteiger partial charge in [0.15, 0.2) is 0 Å². The Morgan fingerprint density at radius 2 is 1.88 bits per heavy atom. The summed E-state index contributed by atoms with van der Waals surface area (Å²) in [4.78, 5) is 23.8. The first kappa shape index (κ1) is 25.4. The maximum absolute atomic E-state index is 12.7. The lowest BCUT2D eigenvalue weighted by atomic mass is 10.2. The molecule has 0 aliphatic heterocycles. The number of benzene rings is 2. The molecule has 0 aliphatic rings. The first-order valence-electron chi connectivity index (χ1n) is 9.90. The molecule has 0 saturated heterocycles. The molecular formula is C22H23BrF3N3O3. The minimum Gasteiger partial charge on any atom is -0.492 e. The van der Waals surface area contributed by atoms with Gasteiger partial charge in [-0.15, -0.1) is 0 Å². The van der Waals surface area contributed by atoms with Gasteiger partial charge < -0.3 is 10.1 Å². The molecule has 2 aromatic rings. The molecule has 172 valence electrons. The number of hydrazone groups is 1. The van der Waals surface area contributed by atoms with Crippen molar-refractivity contribution in [2.75, 3.05) is 11.9 Å². The van der Waals surface area contributed by atoms with Crippen molar-refractivity contribution in [3.05, 3.63) is 58.1 Å². The van der Waals surface area contributed by atoms with E-state index in [0.717, 1.165) is 35.0 Å². The summed E-state index contributed by atoms with van der Waals surface area (Å²) < 4.78 is 44.6. The van der Waals surface area contributed by atoms with Crippen molar-refractivity contribution in [2.45, 2.75) is 38.8 Å². The lowest BCUT2D eigenvalue weighted by Crippen LogP contribution is -2.20. The fourth-order valence-electron chi connectivity index (χ4n) is 2.50. The summed E-state index contributed by atoms with van der Waals surface area (Å²) in [7, 11) is 0. The molecule has 0 radical (unpaired) electrons. The van der Waals surface area contributed by atoms with Crippen LogP contribution in [0.4, 0.5) is 18.9 Å². The monoisotopic (exact) mass is 513 g/mol. The van der Waals surface area contributed by atoms with Gasteiger partial charge in [0.1, 0.15) is 5.75 Å². The summed E-state index contributed by atoms with van der Waals surface area (Å²) in [6, 6.07) is 9.65. The van der Waals surface area contributed by atoms with Crippen molar-refractivity contribution in [3.8, 4) is 5.75 Å². The van der Waals surface area contributed by atoms with E-state index >= 15 is 0 Å². The third-order valence-electron chi connectivity index (χ3n) is 4.17. The van der Waals surface area contributed by atoms with Gasteiger partial charge in [-0.05, 0) is 64.3 Å². The van der Waals surface area contributed by atoms with Gasteiger partial charge in [0, 0.05) is 18.5 Å².